The lowest BCUT2D eigenvalue weighted by molar-refractivity contribution is 0.245. The van der Waals surface area contributed by atoms with Gasteiger partial charge in [-0.25, -0.2) is 18.4 Å². The lowest BCUT2D eigenvalue weighted by Crippen LogP contribution is -2.41. The summed E-state index contributed by atoms with van der Waals surface area (Å²) in [5.41, 5.74) is 1.74. The van der Waals surface area contributed by atoms with Crippen LogP contribution in [0.4, 0.5) is 0 Å². The molecule has 1 atom stereocenters. The minimum absolute atomic E-state index is 0.235. The summed E-state index contributed by atoms with van der Waals surface area (Å²) in [6.45, 7) is 3.78. The summed E-state index contributed by atoms with van der Waals surface area (Å²) in [5, 5.41) is 0. The van der Waals surface area contributed by atoms with Gasteiger partial charge in [0.15, 0.2) is 5.65 Å². The molecule has 3 heterocycles. The predicted octanol–water partition coefficient (Wildman–Crippen LogP) is 3.60. The summed E-state index contributed by atoms with van der Waals surface area (Å²) >= 11 is 3.36. The Hall–Kier alpha value is -1.77. The molecule has 0 aliphatic carbocycles. The van der Waals surface area contributed by atoms with Gasteiger partial charge in [0, 0.05) is 30.3 Å². The van der Waals surface area contributed by atoms with E-state index in [1.807, 2.05) is 25.1 Å². The van der Waals surface area contributed by atoms with Gasteiger partial charge in [-0.15, -0.1) is 0 Å². The molecule has 142 valence electrons. The number of halogens is 1. The SMILES string of the molecule is Cc1nc2cccnc2n1CC1CCCN(S(=O)(=O)c2cccc(Br)c2)C1. The van der Waals surface area contributed by atoms with Gasteiger partial charge in [-0.05, 0) is 56.0 Å². The first kappa shape index (κ1) is 18.6. The number of nitrogens with zero attached hydrogens (tertiary/aromatic N) is 4. The van der Waals surface area contributed by atoms with Crippen LogP contribution in [-0.2, 0) is 16.6 Å². The zero-order valence-corrected chi connectivity index (χ0v) is 17.4. The number of imidazole rings is 1. The molecule has 1 aliphatic heterocycles. The minimum Gasteiger partial charge on any atom is -0.313 e. The smallest absolute Gasteiger partial charge is 0.243 e. The van der Waals surface area contributed by atoms with Gasteiger partial charge >= 0.3 is 0 Å². The highest BCUT2D eigenvalue weighted by atomic mass is 79.9. The molecule has 0 N–H and O–H groups in total. The minimum atomic E-state index is -3.49. The Kier molecular flexibility index (Phi) is 5.05. The van der Waals surface area contributed by atoms with Gasteiger partial charge in [0.2, 0.25) is 10.0 Å². The number of pyridine rings is 1. The summed E-state index contributed by atoms with van der Waals surface area (Å²) in [6.07, 6.45) is 3.62. The van der Waals surface area contributed by atoms with Crippen molar-refractivity contribution in [2.24, 2.45) is 5.92 Å². The van der Waals surface area contributed by atoms with Gasteiger partial charge in [-0.2, -0.15) is 4.31 Å². The number of benzene rings is 1. The normalized spacial score (nSPS) is 18.8. The van der Waals surface area contributed by atoms with E-state index in [4.69, 9.17) is 0 Å². The summed E-state index contributed by atoms with van der Waals surface area (Å²) < 4.78 is 30.6. The Morgan fingerprint density at radius 3 is 2.93 bits per heavy atom. The zero-order valence-electron chi connectivity index (χ0n) is 15.0. The average Bonchev–Trinajstić information content (AvgIpc) is 2.97. The van der Waals surface area contributed by atoms with E-state index >= 15 is 0 Å². The molecule has 2 aromatic heterocycles. The van der Waals surface area contributed by atoms with Crippen LogP contribution in [-0.4, -0.2) is 40.3 Å². The zero-order chi connectivity index (χ0) is 19.0. The molecule has 1 fully saturated rings. The largest absolute Gasteiger partial charge is 0.313 e. The van der Waals surface area contributed by atoms with E-state index < -0.39 is 10.0 Å². The lowest BCUT2D eigenvalue weighted by Gasteiger charge is -2.32. The first-order valence-corrected chi connectivity index (χ1v) is 11.2. The quantitative estimate of drug-likeness (QED) is 0.611. The van der Waals surface area contributed by atoms with E-state index in [2.05, 4.69) is 30.5 Å². The number of aromatic nitrogens is 3. The molecule has 0 bridgehead atoms. The third-order valence-corrected chi connectivity index (χ3v) is 7.41. The molecular weight excluding hydrogens is 428 g/mol. The third-order valence-electron chi connectivity index (χ3n) is 5.05. The molecule has 27 heavy (non-hydrogen) atoms. The van der Waals surface area contributed by atoms with Crippen molar-refractivity contribution in [3.8, 4) is 0 Å². The second-order valence-corrected chi connectivity index (χ2v) is 9.80. The maximum absolute atomic E-state index is 13.0. The van der Waals surface area contributed by atoms with Crippen LogP contribution in [0.5, 0.6) is 0 Å². The number of hydrogen-bond donors (Lipinski definition) is 0. The summed E-state index contributed by atoms with van der Waals surface area (Å²) in [4.78, 5) is 9.36. The van der Waals surface area contributed by atoms with Crippen LogP contribution in [0.3, 0.4) is 0 Å². The van der Waals surface area contributed by atoms with E-state index in [-0.39, 0.29) is 5.92 Å². The summed E-state index contributed by atoms with van der Waals surface area (Å²) in [6, 6.07) is 10.7. The van der Waals surface area contributed by atoms with E-state index in [9.17, 15) is 8.42 Å². The van der Waals surface area contributed by atoms with Crippen molar-refractivity contribution < 1.29 is 8.42 Å². The molecule has 1 saturated heterocycles. The Balaban J connectivity index is 1.57. The summed E-state index contributed by atoms with van der Waals surface area (Å²) in [5.74, 6) is 1.15. The van der Waals surface area contributed by atoms with Gasteiger partial charge in [0.1, 0.15) is 11.3 Å². The Bertz CT molecular complexity index is 1080. The number of sulfonamides is 1. The van der Waals surface area contributed by atoms with Gasteiger partial charge in [-0.1, -0.05) is 22.0 Å². The molecule has 8 heteroatoms. The molecule has 0 spiro atoms. The van der Waals surface area contributed by atoms with Gasteiger partial charge in [-0.3, -0.25) is 0 Å². The van der Waals surface area contributed by atoms with Gasteiger partial charge < -0.3 is 4.57 Å². The van der Waals surface area contributed by atoms with Crippen LogP contribution in [0.2, 0.25) is 0 Å². The molecule has 3 aromatic rings. The van der Waals surface area contributed by atoms with Gasteiger partial charge in [0.25, 0.3) is 0 Å². The fourth-order valence-electron chi connectivity index (χ4n) is 3.72. The van der Waals surface area contributed by atoms with Crippen LogP contribution in [0.25, 0.3) is 11.2 Å². The average molecular weight is 449 g/mol. The Labute approximate surface area is 167 Å². The van der Waals surface area contributed by atoms with Crippen LogP contribution in [0, 0.1) is 12.8 Å². The fourth-order valence-corrected chi connectivity index (χ4v) is 5.87. The highest BCUT2D eigenvalue weighted by Crippen LogP contribution is 2.27. The first-order chi connectivity index (χ1) is 12.9. The predicted molar refractivity (Wildman–Crippen MR) is 108 cm³/mol. The standard InChI is InChI=1S/C19H21BrN4O2S/c1-14-22-18-8-3-9-21-19(18)24(14)13-15-5-4-10-23(12-15)27(25,26)17-7-2-6-16(20)11-17/h2-3,6-9,11,15H,4-5,10,12-13H2,1H3. The Morgan fingerprint density at radius 1 is 1.26 bits per heavy atom. The van der Waals surface area contributed by atoms with Crippen molar-refractivity contribution in [2.45, 2.75) is 31.2 Å². The third kappa shape index (κ3) is 3.66. The number of piperidine rings is 1. The molecule has 1 unspecified atom stereocenters. The van der Waals surface area contributed by atoms with Gasteiger partial charge in [0.05, 0.1) is 4.90 Å². The topological polar surface area (TPSA) is 68.1 Å². The highest BCUT2D eigenvalue weighted by Gasteiger charge is 2.31. The van der Waals surface area contributed by atoms with E-state index in [1.54, 1.807) is 28.7 Å². The number of fused-ring (bicyclic) bond motifs is 1. The molecule has 4 rings (SSSR count). The second-order valence-electron chi connectivity index (χ2n) is 6.94. The van der Waals surface area contributed by atoms with Crippen molar-refractivity contribution in [1.29, 1.82) is 0 Å². The van der Waals surface area contributed by atoms with Crippen molar-refractivity contribution >= 4 is 37.1 Å². The lowest BCUT2D eigenvalue weighted by atomic mass is 9.99. The molecule has 1 aromatic carbocycles. The highest BCUT2D eigenvalue weighted by molar-refractivity contribution is 9.10. The number of rotatable bonds is 4. The first-order valence-electron chi connectivity index (χ1n) is 8.99. The van der Waals surface area contributed by atoms with E-state index in [0.29, 0.717) is 18.0 Å². The van der Waals surface area contributed by atoms with E-state index in [1.165, 1.54) is 0 Å². The number of hydrogen-bond acceptors (Lipinski definition) is 4. The van der Waals surface area contributed by atoms with Crippen molar-refractivity contribution in [3.63, 3.8) is 0 Å². The maximum atomic E-state index is 13.0. The molecule has 1 aliphatic rings. The van der Waals surface area contributed by atoms with Crippen LogP contribution < -0.4 is 0 Å². The molecule has 6 nitrogen and oxygen atoms in total. The number of aryl methyl sites for hydroxylation is 1. The molecular formula is C19H21BrN4O2S. The summed E-state index contributed by atoms with van der Waals surface area (Å²) in [7, 11) is -3.49. The molecule has 0 radical (unpaired) electrons. The monoisotopic (exact) mass is 448 g/mol. The van der Waals surface area contributed by atoms with Crippen LogP contribution in [0.1, 0.15) is 18.7 Å². The van der Waals surface area contributed by atoms with Crippen molar-refractivity contribution in [2.75, 3.05) is 13.1 Å². The van der Waals surface area contributed by atoms with E-state index in [0.717, 1.165) is 40.8 Å². The van der Waals surface area contributed by atoms with Crippen LogP contribution >= 0.6 is 15.9 Å². The van der Waals surface area contributed by atoms with Crippen molar-refractivity contribution in [1.82, 2.24) is 18.8 Å². The second kappa shape index (κ2) is 7.33. The van der Waals surface area contributed by atoms with Crippen LogP contribution in [0.15, 0.2) is 52.0 Å². The fraction of sp³-hybridized carbons (Fsp3) is 0.368. The van der Waals surface area contributed by atoms with Crippen molar-refractivity contribution in [3.05, 3.63) is 52.9 Å². The molecule has 0 amide bonds. The maximum Gasteiger partial charge on any atom is 0.243 e. The Morgan fingerprint density at radius 2 is 2.11 bits per heavy atom. The molecule has 0 saturated carbocycles.